The highest BCUT2D eigenvalue weighted by atomic mass is 35.5. The van der Waals surface area contributed by atoms with E-state index in [9.17, 15) is 19.7 Å². The minimum absolute atomic E-state index is 0.0191. The molecule has 0 bridgehead atoms. The lowest BCUT2D eigenvalue weighted by Crippen LogP contribution is -2.45. The molecule has 0 amide bonds. The molecular formula is C30H24Cl3FN2O2. The van der Waals surface area contributed by atoms with Crippen molar-refractivity contribution in [1.82, 2.24) is 0 Å². The maximum absolute atomic E-state index is 13.9. The number of anilines is 1. The highest BCUT2D eigenvalue weighted by Crippen LogP contribution is 2.51. The van der Waals surface area contributed by atoms with Gasteiger partial charge in [0.1, 0.15) is 17.4 Å². The van der Waals surface area contributed by atoms with Gasteiger partial charge < -0.3 is 5.11 Å². The molecule has 4 nitrogen and oxygen atoms in total. The summed E-state index contributed by atoms with van der Waals surface area (Å²) in [6, 6.07) is 17.4. The van der Waals surface area contributed by atoms with Gasteiger partial charge in [-0.3, -0.25) is 15.1 Å². The molecule has 2 N–H and O–H groups in total. The zero-order valence-corrected chi connectivity index (χ0v) is 22.9. The van der Waals surface area contributed by atoms with Crippen molar-refractivity contribution < 1.29 is 14.3 Å². The summed E-state index contributed by atoms with van der Waals surface area (Å²) < 4.78 is 13.9. The summed E-state index contributed by atoms with van der Waals surface area (Å²) in [5.41, 5.74) is 2.55. The van der Waals surface area contributed by atoms with E-state index in [-0.39, 0.29) is 28.4 Å². The van der Waals surface area contributed by atoms with Gasteiger partial charge >= 0.3 is 0 Å². The number of hydrogen-bond donors (Lipinski definition) is 2. The number of carbonyl (C=O) groups is 1. The number of aliphatic hydroxyl groups is 1. The molecule has 1 aliphatic heterocycles. The first-order valence-corrected chi connectivity index (χ1v) is 13.1. The van der Waals surface area contributed by atoms with Crippen molar-refractivity contribution in [2.24, 2.45) is 5.41 Å². The lowest BCUT2D eigenvalue weighted by Gasteiger charge is -2.45. The number of carbonyl (C=O) groups excluding carboxylic acids is 1. The second kappa shape index (κ2) is 9.88. The molecule has 1 atom stereocenters. The molecule has 0 fully saturated rings. The molecule has 0 saturated carbocycles. The van der Waals surface area contributed by atoms with Crippen LogP contribution in [0.3, 0.4) is 0 Å². The molecule has 194 valence electrons. The van der Waals surface area contributed by atoms with Gasteiger partial charge in [-0.15, -0.1) is 0 Å². The van der Waals surface area contributed by atoms with E-state index < -0.39 is 11.7 Å². The van der Waals surface area contributed by atoms with Gasteiger partial charge in [-0.05, 0) is 72.0 Å². The van der Waals surface area contributed by atoms with Gasteiger partial charge in [0, 0.05) is 45.5 Å². The number of nitrogens with one attached hydrogen (secondary N) is 1. The van der Waals surface area contributed by atoms with Crippen LogP contribution in [0.15, 0.2) is 83.6 Å². The van der Waals surface area contributed by atoms with Crippen LogP contribution in [0.25, 0.3) is 5.76 Å². The van der Waals surface area contributed by atoms with Crippen LogP contribution in [0.5, 0.6) is 0 Å². The van der Waals surface area contributed by atoms with Crippen LogP contribution in [0, 0.1) is 16.6 Å². The molecule has 1 unspecified atom stereocenters. The molecule has 3 aromatic rings. The van der Waals surface area contributed by atoms with Crippen molar-refractivity contribution in [1.29, 1.82) is 5.41 Å². The van der Waals surface area contributed by atoms with Gasteiger partial charge in [0.15, 0.2) is 5.78 Å². The number of aliphatic hydroxyl groups excluding tert-OH is 1. The van der Waals surface area contributed by atoms with Crippen molar-refractivity contribution in [3.8, 4) is 0 Å². The first-order chi connectivity index (χ1) is 18.0. The number of hydrogen-bond acceptors (Lipinski definition) is 3. The molecule has 3 aromatic carbocycles. The smallest absolute Gasteiger partial charge is 0.162 e. The van der Waals surface area contributed by atoms with E-state index in [2.05, 4.69) is 0 Å². The molecule has 1 heterocycles. The quantitative estimate of drug-likeness (QED) is 0.309. The maximum Gasteiger partial charge on any atom is 0.162 e. The third kappa shape index (κ3) is 4.75. The Balaban J connectivity index is 1.85. The fourth-order valence-corrected chi connectivity index (χ4v) is 5.69. The summed E-state index contributed by atoms with van der Waals surface area (Å²) in [4.78, 5) is 15.5. The molecule has 0 spiro atoms. The summed E-state index contributed by atoms with van der Waals surface area (Å²) in [6.45, 7) is 4.02. The summed E-state index contributed by atoms with van der Waals surface area (Å²) in [5.74, 6) is -1.49. The second-order valence-electron chi connectivity index (χ2n) is 10.3. The molecule has 5 rings (SSSR count). The van der Waals surface area contributed by atoms with Gasteiger partial charge in [-0.25, -0.2) is 4.39 Å². The number of benzene rings is 3. The largest absolute Gasteiger partial charge is 0.507 e. The maximum atomic E-state index is 13.9. The Labute approximate surface area is 235 Å². The summed E-state index contributed by atoms with van der Waals surface area (Å²) in [5, 5.41) is 22.2. The second-order valence-corrected chi connectivity index (χ2v) is 11.6. The van der Waals surface area contributed by atoms with E-state index in [0.717, 1.165) is 0 Å². The molecule has 0 aromatic heterocycles. The minimum Gasteiger partial charge on any atom is -0.507 e. The normalized spacial score (nSPS) is 20.5. The van der Waals surface area contributed by atoms with Crippen molar-refractivity contribution in [3.05, 3.63) is 116 Å². The number of halogens is 4. The van der Waals surface area contributed by atoms with Gasteiger partial charge in [0.05, 0.1) is 10.0 Å². The third-order valence-corrected chi connectivity index (χ3v) is 7.95. The third-order valence-electron chi connectivity index (χ3n) is 6.96. The van der Waals surface area contributed by atoms with E-state index >= 15 is 0 Å². The lowest BCUT2D eigenvalue weighted by atomic mass is 9.67. The Morgan fingerprint density at radius 3 is 2.26 bits per heavy atom. The SMILES string of the molecule is CC1(C)CC(=O)C2=C(C1)N(c1ccc(Cl)c(Cl)c1)C(=N)/C(=C(/O)c1ccc(Cl)cc1)C2c1ccc(F)cc1. The van der Waals surface area contributed by atoms with E-state index in [1.54, 1.807) is 59.5 Å². The standard InChI is InChI=1S/C30H24Cl3FN2O2/c1-30(2)14-23-26(24(37)15-30)25(16-5-9-19(34)10-6-16)27(28(38)17-3-7-18(31)8-4-17)29(35)36(23)20-11-12-21(32)22(33)13-20/h3-13,25,35,38H,14-15H2,1-2H3/b28-27+,35-29?. The van der Waals surface area contributed by atoms with Gasteiger partial charge in [0.25, 0.3) is 0 Å². The molecule has 8 heteroatoms. The Morgan fingerprint density at radius 1 is 0.974 bits per heavy atom. The number of nitrogens with zero attached hydrogens (tertiary/aromatic N) is 1. The van der Waals surface area contributed by atoms with E-state index in [0.29, 0.717) is 56.0 Å². The van der Waals surface area contributed by atoms with Crippen molar-refractivity contribution >= 4 is 57.9 Å². The highest BCUT2D eigenvalue weighted by Gasteiger charge is 2.46. The number of allylic oxidation sites excluding steroid dienone is 2. The Bertz CT molecular complexity index is 1530. The van der Waals surface area contributed by atoms with Crippen molar-refractivity contribution in [3.63, 3.8) is 0 Å². The Morgan fingerprint density at radius 2 is 1.63 bits per heavy atom. The van der Waals surface area contributed by atoms with Crippen molar-refractivity contribution in [2.45, 2.75) is 32.6 Å². The van der Waals surface area contributed by atoms with Crippen LogP contribution in [0.1, 0.15) is 43.7 Å². The van der Waals surface area contributed by atoms with Crippen LogP contribution >= 0.6 is 34.8 Å². The van der Waals surface area contributed by atoms with Gasteiger partial charge in [-0.1, -0.05) is 60.8 Å². The Hall–Kier alpha value is -3.12. The molecule has 2 aliphatic rings. The summed E-state index contributed by atoms with van der Waals surface area (Å²) in [7, 11) is 0. The fraction of sp³-hybridized carbons (Fsp3) is 0.200. The predicted octanol–water partition coefficient (Wildman–Crippen LogP) is 8.98. The summed E-state index contributed by atoms with van der Waals surface area (Å²) in [6.07, 6.45) is 0.796. The minimum atomic E-state index is -0.781. The lowest BCUT2D eigenvalue weighted by molar-refractivity contribution is -0.118. The van der Waals surface area contributed by atoms with Crippen molar-refractivity contribution in [2.75, 3.05) is 4.90 Å². The number of ketones is 1. The van der Waals surface area contributed by atoms with E-state index in [1.165, 1.54) is 12.1 Å². The van der Waals surface area contributed by atoms with Gasteiger partial charge in [0.2, 0.25) is 0 Å². The topological polar surface area (TPSA) is 64.4 Å². The van der Waals surface area contributed by atoms with Crippen LogP contribution in [-0.4, -0.2) is 16.7 Å². The van der Waals surface area contributed by atoms with E-state index in [1.807, 2.05) is 13.8 Å². The van der Waals surface area contributed by atoms with Crippen LogP contribution < -0.4 is 4.90 Å². The molecule has 0 radical (unpaired) electrons. The van der Waals surface area contributed by atoms with E-state index in [4.69, 9.17) is 34.8 Å². The predicted molar refractivity (Wildman–Crippen MR) is 152 cm³/mol. The molecular weight excluding hydrogens is 546 g/mol. The van der Waals surface area contributed by atoms with Crippen LogP contribution in [-0.2, 0) is 4.79 Å². The number of Topliss-reactive ketones (excluding diaryl/α,β-unsaturated/α-hetero) is 1. The monoisotopic (exact) mass is 568 g/mol. The number of amidine groups is 1. The molecule has 1 aliphatic carbocycles. The van der Waals surface area contributed by atoms with Crippen LogP contribution in [0.4, 0.5) is 10.1 Å². The zero-order chi connectivity index (χ0) is 27.4. The molecule has 0 saturated heterocycles. The Kier molecular flexibility index (Phi) is 6.89. The first-order valence-electron chi connectivity index (χ1n) is 12.0. The first kappa shape index (κ1) is 26.5. The average molecular weight is 570 g/mol. The fourth-order valence-electron chi connectivity index (χ4n) is 5.28. The van der Waals surface area contributed by atoms with Gasteiger partial charge in [-0.2, -0.15) is 0 Å². The van der Waals surface area contributed by atoms with Crippen LogP contribution in [0.2, 0.25) is 15.1 Å². The molecule has 38 heavy (non-hydrogen) atoms. The highest BCUT2D eigenvalue weighted by molar-refractivity contribution is 6.42. The zero-order valence-electron chi connectivity index (χ0n) is 20.7. The summed E-state index contributed by atoms with van der Waals surface area (Å²) >= 11 is 18.6. The average Bonchev–Trinajstić information content (AvgIpc) is 2.85. The number of rotatable bonds is 3.